The Kier molecular flexibility index (Phi) is 5.27. The predicted octanol–water partition coefficient (Wildman–Crippen LogP) is 3.26. The third-order valence-electron chi connectivity index (χ3n) is 5.42. The van der Waals surface area contributed by atoms with Gasteiger partial charge in [0.2, 0.25) is 5.91 Å². The minimum atomic E-state index is -0.563. The van der Waals surface area contributed by atoms with Crippen LogP contribution in [0, 0.1) is 17.6 Å². The van der Waals surface area contributed by atoms with Crippen LogP contribution in [0.15, 0.2) is 30.6 Å². The summed E-state index contributed by atoms with van der Waals surface area (Å²) in [6.07, 6.45) is 7.05. The molecular weight excluding hydrogens is 364 g/mol. The number of aromatic amines is 1. The van der Waals surface area contributed by atoms with Crippen LogP contribution >= 0.6 is 0 Å². The summed E-state index contributed by atoms with van der Waals surface area (Å²) in [5.41, 5.74) is 2.58. The van der Waals surface area contributed by atoms with Crippen molar-refractivity contribution in [1.82, 2.24) is 25.5 Å². The van der Waals surface area contributed by atoms with Crippen molar-refractivity contribution in [2.75, 3.05) is 6.54 Å². The Bertz CT molecular complexity index is 982. The van der Waals surface area contributed by atoms with Crippen molar-refractivity contribution in [3.8, 4) is 0 Å². The summed E-state index contributed by atoms with van der Waals surface area (Å²) >= 11 is 0. The largest absolute Gasteiger partial charge is 0.356 e. The first kappa shape index (κ1) is 18.5. The van der Waals surface area contributed by atoms with Gasteiger partial charge in [-0.25, -0.2) is 18.7 Å². The fourth-order valence-corrected chi connectivity index (χ4v) is 3.88. The molecule has 4 rings (SSSR count). The predicted molar refractivity (Wildman–Crippen MR) is 99.5 cm³/mol. The second-order valence-electron chi connectivity index (χ2n) is 7.30. The van der Waals surface area contributed by atoms with Crippen LogP contribution in [0.4, 0.5) is 8.78 Å². The molecule has 0 bridgehead atoms. The minimum absolute atomic E-state index is 0.0773. The Labute approximate surface area is 160 Å². The van der Waals surface area contributed by atoms with Crippen molar-refractivity contribution in [1.29, 1.82) is 0 Å². The van der Waals surface area contributed by atoms with Crippen LogP contribution in [-0.2, 0) is 11.2 Å². The number of H-pyrrole nitrogens is 1. The number of amides is 1. The number of carbonyl (C=O) groups is 1. The van der Waals surface area contributed by atoms with E-state index in [-0.39, 0.29) is 17.9 Å². The van der Waals surface area contributed by atoms with E-state index in [2.05, 4.69) is 25.5 Å². The van der Waals surface area contributed by atoms with Gasteiger partial charge in [0, 0.05) is 30.4 Å². The molecule has 8 heteroatoms. The number of halogens is 2. The molecule has 0 unspecified atom stereocenters. The third-order valence-corrected chi connectivity index (χ3v) is 5.42. The molecule has 0 saturated heterocycles. The van der Waals surface area contributed by atoms with Crippen LogP contribution in [0.5, 0.6) is 0 Å². The Morgan fingerprint density at radius 3 is 2.75 bits per heavy atom. The highest BCUT2D eigenvalue weighted by Gasteiger charge is 2.26. The van der Waals surface area contributed by atoms with Crippen molar-refractivity contribution in [2.24, 2.45) is 5.92 Å². The van der Waals surface area contributed by atoms with E-state index in [9.17, 15) is 13.6 Å². The zero-order valence-corrected chi connectivity index (χ0v) is 15.3. The number of fused-ring (bicyclic) bond motifs is 1. The van der Waals surface area contributed by atoms with E-state index >= 15 is 0 Å². The summed E-state index contributed by atoms with van der Waals surface area (Å²) in [6.45, 7) is 0.548. The van der Waals surface area contributed by atoms with Crippen LogP contribution in [0.2, 0.25) is 0 Å². The van der Waals surface area contributed by atoms with Gasteiger partial charge in [0.1, 0.15) is 17.2 Å². The molecular formula is C20H21F2N5O. The van der Waals surface area contributed by atoms with Gasteiger partial charge in [-0.05, 0) is 49.8 Å². The van der Waals surface area contributed by atoms with E-state index in [4.69, 9.17) is 0 Å². The van der Waals surface area contributed by atoms with E-state index < -0.39 is 11.6 Å². The lowest BCUT2D eigenvalue weighted by Crippen LogP contribution is -2.32. The van der Waals surface area contributed by atoms with E-state index in [0.29, 0.717) is 24.0 Å². The van der Waals surface area contributed by atoms with Crippen molar-refractivity contribution in [2.45, 2.75) is 38.0 Å². The smallest absolute Gasteiger partial charge is 0.224 e. The molecule has 1 aromatic carbocycles. The van der Waals surface area contributed by atoms with Gasteiger partial charge in [0.05, 0.1) is 12.1 Å². The average molecular weight is 385 g/mol. The number of nitrogens with zero attached hydrogens (tertiary/aromatic N) is 3. The topological polar surface area (TPSA) is 83.6 Å². The third kappa shape index (κ3) is 4.00. The molecule has 6 nitrogen and oxygen atoms in total. The maximum atomic E-state index is 13.6. The number of rotatable bonds is 5. The Balaban J connectivity index is 1.27. The van der Waals surface area contributed by atoms with Gasteiger partial charge < -0.3 is 5.32 Å². The second-order valence-corrected chi connectivity index (χ2v) is 7.30. The van der Waals surface area contributed by atoms with Crippen LogP contribution in [0.3, 0.4) is 0 Å². The number of nitrogens with one attached hydrogen (secondary N) is 2. The first-order valence-corrected chi connectivity index (χ1v) is 9.45. The van der Waals surface area contributed by atoms with Crippen LogP contribution in [0.25, 0.3) is 11.2 Å². The minimum Gasteiger partial charge on any atom is -0.356 e. The summed E-state index contributed by atoms with van der Waals surface area (Å²) in [5.74, 6) is -0.667. The molecule has 2 heterocycles. The van der Waals surface area contributed by atoms with Gasteiger partial charge in [-0.15, -0.1) is 0 Å². The molecule has 0 aliphatic heterocycles. The van der Waals surface area contributed by atoms with E-state index in [1.165, 1.54) is 0 Å². The zero-order valence-electron chi connectivity index (χ0n) is 15.3. The molecule has 1 aliphatic rings. The fourth-order valence-electron chi connectivity index (χ4n) is 3.88. The lowest BCUT2D eigenvalue weighted by Gasteiger charge is -2.28. The lowest BCUT2D eigenvalue weighted by molar-refractivity contribution is -0.120. The Morgan fingerprint density at radius 1 is 1.14 bits per heavy atom. The van der Waals surface area contributed by atoms with E-state index in [1.807, 2.05) is 0 Å². The van der Waals surface area contributed by atoms with Crippen molar-refractivity contribution in [3.05, 3.63) is 53.5 Å². The van der Waals surface area contributed by atoms with Gasteiger partial charge in [0.15, 0.2) is 5.65 Å². The van der Waals surface area contributed by atoms with E-state index in [1.54, 1.807) is 12.4 Å². The van der Waals surface area contributed by atoms with Gasteiger partial charge in [0.25, 0.3) is 0 Å². The molecule has 1 aliphatic carbocycles. The monoisotopic (exact) mass is 385 g/mol. The van der Waals surface area contributed by atoms with Crippen molar-refractivity contribution >= 4 is 17.1 Å². The summed E-state index contributed by atoms with van der Waals surface area (Å²) in [6, 6.07) is 3.16. The normalized spacial score (nSPS) is 19.6. The lowest BCUT2D eigenvalue weighted by atomic mass is 9.80. The van der Waals surface area contributed by atoms with Gasteiger partial charge in [-0.2, -0.15) is 5.10 Å². The average Bonchev–Trinajstić information content (AvgIpc) is 3.14. The van der Waals surface area contributed by atoms with E-state index in [0.717, 1.165) is 55.1 Å². The molecule has 1 saturated carbocycles. The van der Waals surface area contributed by atoms with Gasteiger partial charge in [-0.1, -0.05) is 0 Å². The van der Waals surface area contributed by atoms with Crippen molar-refractivity contribution in [3.63, 3.8) is 0 Å². The fraction of sp³-hybridized carbons (Fsp3) is 0.400. The van der Waals surface area contributed by atoms with Crippen LogP contribution in [0.1, 0.15) is 42.9 Å². The molecule has 0 atom stereocenters. The molecule has 1 amide bonds. The summed E-state index contributed by atoms with van der Waals surface area (Å²) in [4.78, 5) is 20.7. The van der Waals surface area contributed by atoms with Crippen LogP contribution < -0.4 is 5.32 Å². The highest BCUT2D eigenvalue weighted by Crippen LogP contribution is 2.36. The standard InChI is InChI=1S/C20H21F2N5O/c21-15-5-6-16(22)14(9-15)10-17(28)25-11-12-1-3-13(4-2-12)18-19-20(27-26-18)24-8-7-23-19/h5-9,12-13H,1-4,10-11H2,(H,25,28)(H,24,26,27). The number of benzene rings is 1. The molecule has 1 fully saturated rings. The molecule has 3 aromatic rings. The molecule has 146 valence electrons. The number of hydrogen-bond acceptors (Lipinski definition) is 4. The molecule has 2 N–H and O–H groups in total. The highest BCUT2D eigenvalue weighted by atomic mass is 19.1. The summed E-state index contributed by atoms with van der Waals surface area (Å²) in [5, 5.41) is 10.1. The summed E-state index contributed by atoms with van der Waals surface area (Å²) < 4.78 is 26.9. The number of carbonyl (C=O) groups excluding carboxylic acids is 1. The first-order valence-electron chi connectivity index (χ1n) is 9.45. The maximum Gasteiger partial charge on any atom is 0.224 e. The molecule has 0 radical (unpaired) electrons. The quantitative estimate of drug-likeness (QED) is 0.706. The second kappa shape index (κ2) is 8.00. The highest BCUT2D eigenvalue weighted by molar-refractivity contribution is 5.78. The molecule has 28 heavy (non-hydrogen) atoms. The van der Waals surface area contributed by atoms with Gasteiger partial charge >= 0.3 is 0 Å². The number of aromatic nitrogens is 4. The number of hydrogen-bond donors (Lipinski definition) is 2. The maximum absolute atomic E-state index is 13.6. The SMILES string of the molecule is O=C(Cc1cc(F)ccc1F)NCC1CCC(c2[nH]nc3nccnc23)CC1. The zero-order chi connectivity index (χ0) is 19.5. The first-order chi connectivity index (χ1) is 13.6. The Hall–Kier alpha value is -2.90. The van der Waals surface area contributed by atoms with Gasteiger partial charge in [-0.3, -0.25) is 9.89 Å². The molecule has 0 spiro atoms. The summed E-state index contributed by atoms with van der Waals surface area (Å²) in [7, 11) is 0. The Morgan fingerprint density at radius 2 is 1.93 bits per heavy atom. The molecule has 2 aromatic heterocycles. The van der Waals surface area contributed by atoms with Crippen molar-refractivity contribution < 1.29 is 13.6 Å². The van der Waals surface area contributed by atoms with Crippen LogP contribution in [-0.4, -0.2) is 32.6 Å².